The van der Waals surface area contributed by atoms with Crippen molar-refractivity contribution < 1.29 is 9.53 Å². The fourth-order valence-corrected chi connectivity index (χ4v) is 1.39. The van der Waals surface area contributed by atoms with E-state index in [4.69, 9.17) is 4.74 Å². The summed E-state index contributed by atoms with van der Waals surface area (Å²) in [5.74, 6) is 0.887. The van der Waals surface area contributed by atoms with Crippen molar-refractivity contribution in [2.75, 3.05) is 32.2 Å². The number of rotatable bonds is 5. The molecule has 82 valence electrons. The van der Waals surface area contributed by atoms with Crippen LogP contribution in [0.25, 0.3) is 0 Å². The van der Waals surface area contributed by atoms with Crippen LogP contribution in [-0.4, -0.2) is 38.6 Å². The summed E-state index contributed by atoms with van der Waals surface area (Å²) in [6.07, 6.45) is 2.39. The van der Waals surface area contributed by atoms with Gasteiger partial charge in [0, 0.05) is 32.5 Å². The minimum absolute atomic E-state index is 0.608. The van der Waals surface area contributed by atoms with Crippen molar-refractivity contribution in [3.8, 4) is 0 Å². The summed E-state index contributed by atoms with van der Waals surface area (Å²) >= 11 is 0. The predicted octanol–water partition coefficient (Wildman–Crippen LogP) is 1.29. The molecule has 0 atom stereocenters. The number of aldehydes is 1. The lowest BCUT2D eigenvalue weighted by atomic mass is 10.2. The zero-order valence-corrected chi connectivity index (χ0v) is 9.36. The Balaban J connectivity index is 2.80. The van der Waals surface area contributed by atoms with Crippen molar-refractivity contribution in [1.82, 2.24) is 4.98 Å². The Morgan fingerprint density at radius 2 is 2.33 bits per heavy atom. The maximum atomic E-state index is 10.5. The molecule has 0 fully saturated rings. The largest absolute Gasteiger partial charge is 0.383 e. The average molecular weight is 208 g/mol. The highest BCUT2D eigenvalue weighted by molar-refractivity contribution is 5.75. The molecule has 0 aliphatic heterocycles. The van der Waals surface area contributed by atoms with Gasteiger partial charge < -0.3 is 9.64 Å². The first-order valence-corrected chi connectivity index (χ1v) is 4.81. The molecular formula is C11H16N2O2. The van der Waals surface area contributed by atoms with E-state index < -0.39 is 0 Å². The Morgan fingerprint density at radius 1 is 1.60 bits per heavy atom. The molecule has 4 nitrogen and oxygen atoms in total. The van der Waals surface area contributed by atoms with E-state index >= 15 is 0 Å². The van der Waals surface area contributed by atoms with Gasteiger partial charge in [-0.2, -0.15) is 0 Å². The quantitative estimate of drug-likeness (QED) is 0.684. The molecule has 0 saturated carbocycles. The lowest BCUT2D eigenvalue weighted by Crippen LogP contribution is -2.23. The van der Waals surface area contributed by atoms with E-state index in [0.29, 0.717) is 12.2 Å². The van der Waals surface area contributed by atoms with Crippen LogP contribution >= 0.6 is 0 Å². The third-order valence-electron chi connectivity index (χ3n) is 2.20. The second-order valence-electron chi connectivity index (χ2n) is 3.44. The number of carbonyl (C=O) groups is 1. The molecular weight excluding hydrogens is 192 g/mol. The first-order valence-electron chi connectivity index (χ1n) is 4.81. The van der Waals surface area contributed by atoms with Crippen molar-refractivity contribution in [2.24, 2.45) is 0 Å². The van der Waals surface area contributed by atoms with Gasteiger partial charge in [0.2, 0.25) is 0 Å². The Morgan fingerprint density at radius 3 is 2.87 bits per heavy atom. The summed E-state index contributed by atoms with van der Waals surface area (Å²) < 4.78 is 4.99. The number of carbonyl (C=O) groups excluding carboxylic acids is 1. The molecule has 0 amide bonds. The number of aryl methyl sites for hydroxylation is 1. The summed E-state index contributed by atoms with van der Waals surface area (Å²) in [6.45, 7) is 3.39. The van der Waals surface area contributed by atoms with Crippen molar-refractivity contribution in [3.05, 3.63) is 23.4 Å². The van der Waals surface area contributed by atoms with Gasteiger partial charge in [0.25, 0.3) is 0 Å². The van der Waals surface area contributed by atoms with Crippen molar-refractivity contribution in [2.45, 2.75) is 6.92 Å². The molecule has 0 bridgehead atoms. The van der Waals surface area contributed by atoms with Gasteiger partial charge in [0.15, 0.2) is 6.29 Å². The first kappa shape index (κ1) is 11.7. The Kier molecular flexibility index (Phi) is 4.24. The van der Waals surface area contributed by atoms with Crippen LogP contribution in [0.2, 0.25) is 0 Å². The van der Waals surface area contributed by atoms with Gasteiger partial charge >= 0.3 is 0 Å². The molecule has 0 N–H and O–H groups in total. The number of pyridine rings is 1. The van der Waals surface area contributed by atoms with Crippen LogP contribution in [-0.2, 0) is 4.74 Å². The molecule has 1 heterocycles. The standard InChI is InChI=1S/C11H16N2O2/c1-9-6-10(8-14)7-12-11(9)13(2)4-5-15-3/h6-8H,4-5H2,1-3H3. The molecule has 1 rings (SSSR count). The third-order valence-corrected chi connectivity index (χ3v) is 2.20. The minimum Gasteiger partial charge on any atom is -0.383 e. The highest BCUT2D eigenvalue weighted by Crippen LogP contribution is 2.15. The van der Waals surface area contributed by atoms with Gasteiger partial charge in [-0.1, -0.05) is 0 Å². The van der Waals surface area contributed by atoms with Crippen LogP contribution in [0.3, 0.4) is 0 Å². The molecule has 15 heavy (non-hydrogen) atoms. The average Bonchev–Trinajstić information content (AvgIpc) is 2.25. The maximum Gasteiger partial charge on any atom is 0.151 e. The molecule has 0 radical (unpaired) electrons. The van der Waals surface area contributed by atoms with Gasteiger partial charge in [0.1, 0.15) is 5.82 Å². The van der Waals surface area contributed by atoms with Crippen LogP contribution in [0.1, 0.15) is 15.9 Å². The number of ether oxygens (including phenoxy) is 1. The lowest BCUT2D eigenvalue weighted by molar-refractivity contribution is 0.112. The number of aromatic nitrogens is 1. The van der Waals surface area contributed by atoms with E-state index in [1.807, 2.05) is 24.9 Å². The minimum atomic E-state index is 0.608. The molecule has 1 aromatic heterocycles. The van der Waals surface area contributed by atoms with Gasteiger partial charge in [-0.15, -0.1) is 0 Å². The number of likely N-dealkylation sites (N-methyl/N-ethyl adjacent to an activating group) is 1. The Labute approximate surface area is 89.9 Å². The van der Waals surface area contributed by atoms with Crippen molar-refractivity contribution in [3.63, 3.8) is 0 Å². The second kappa shape index (κ2) is 5.46. The summed E-state index contributed by atoms with van der Waals surface area (Å²) in [7, 11) is 3.62. The second-order valence-corrected chi connectivity index (χ2v) is 3.44. The monoisotopic (exact) mass is 208 g/mol. The fraction of sp³-hybridized carbons (Fsp3) is 0.455. The first-order chi connectivity index (χ1) is 7.19. The smallest absolute Gasteiger partial charge is 0.151 e. The Bertz CT molecular complexity index is 339. The van der Waals surface area contributed by atoms with Crippen molar-refractivity contribution in [1.29, 1.82) is 0 Å². The van der Waals surface area contributed by atoms with Gasteiger partial charge in [-0.25, -0.2) is 4.98 Å². The zero-order chi connectivity index (χ0) is 11.3. The SMILES string of the molecule is COCCN(C)c1ncc(C=O)cc1C. The van der Waals surface area contributed by atoms with E-state index in [0.717, 1.165) is 24.2 Å². The molecule has 1 aromatic rings. The predicted molar refractivity (Wildman–Crippen MR) is 59.5 cm³/mol. The highest BCUT2D eigenvalue weighted by Gasteiger charge is 2.06. The van der Waals surface area contributed by atoms with Crippen LogP contribution in [0.5, 0.6) is 0 Å². The summed E-state index contributed by atoms with van der Waals surface area (Å²) in [4.78, 5) is 16.8. The number of hydrogen-bond acceptors (Lipinski definition) is 4. The number of methoxy groups -OCH3 is 1. The van der Waals surface area contributed by atoms with Gasteiger partial charge in [0.05, 0.1) is 6.61 Å². The number of hydrogen-bond donors (Lipinski definition) is 0. The van der Waals surface area contributed by atoms with Crippen LogP contribution in [0.4, 0.5) is 5.82 Å². The highest BCUT2D eigenvalue weighted by atomic mass is 16.5. The molecule has 0 aliphatic carbocycles. The fourth-order valence-electron chi connectivity index (χ4n) is 1.39. The van der Waals surface area contributed by atoms with E-state index in [1.54, 1.807) is 13.3 Å². The van der Waals surface area contributed by atoms with Crippen LogP contribution in [0, 0.1) is 6.92 Å². The van der Waals surface area contributed by atoms with E-state index in [1.165, 1.54) is 0 Å². The summed E-state index contributed by atoms with van der Waals surface area (Å²) in [6, 6.07) is 1.83. The molecule has 4 heteroatoms. The number of anilines is 1. The van der Waals surface area contributed by atoms with E-state index in [9.17, 15) is 4.79 Å². The zero-order valence-electron chi connectivity index (χ0n) is 9.36. The third kappa shape index (κ3) is 3.02. The van der Waals surface area contributed by atoms with Gasteiger partial charge in [-0.05, 0) is 18.6 Å². The maximum absolute atomic E-state index is 10.5. The van der Waals surface area contributed by atoms with Crippen LogP contribution in [0.15, 0.2) is 12.3 Å². The molecule has 0 aliphatic rings. The molecule has 0 saturated heterocycles. The topological polar surface area (TPSA) is 42.4 Å². The van der Waals surface area contributed by atoms with Crippen molar-refractivity contribution >= 4 is 12.1 Å². The van der Waals surface area contributed by atoms with Crippen LogP contribution < -0.4 is 4.90 Å². The summed E-state index contributed by atoms with van der Waals surface area (Å²) in [5.41, 5.74) is 1.61. The Hall–Kier alpha value is -1.42. The van der Waals surface area contributed by atoms with E-state index in [2.05, 4.69) is 4.98 Å². The van der Waals surface area contributed by atoms with Gasteiger partial charge in [-0.3, -0.25) is 4.79 Å². The summed E-state index contributed by atoms with van der Waals surface area (Å²) in [5, 5.41) is 0. The molecule has 0 unspecified atom stereocenters. The van der Waals surface area contributed by atoms with E-state index in [-0.39, 0.29) is 0 Å². The number of nitrogens with zero attached hydrogens (tertiary/aromatic N) is 2. The molecule has 0 spiro atoms. The normalized spacial score (nSPS) is 10.1. The molecule has 0 aromatic carbocycles. The lowest BCUT2D eigenvalue weighted by Gasteiger charge is -2.19.